The summed E-state index contributed by atoms with van der Waals surface area (Å²) in [6.45, 7) is 5.08. The molecule has 0 bridgehead atoms. The Morgan fingerprint density at radius 3 is 2.78 bits per heavy atom. The lowest BCUT2D eigenvalue weighted by molar-refractivity contribution is 0.116. The van der Waals surface area contributed by atoms with Crippen molar-refractivity contribution >= 4 is 0 Å². The number of nitrogens with two attached hydrogens (primary N) is 1. The van der Waals surface area contributed by atoms with Crippen molar-refractivity contribution in [3.05, 3.63) is 17.5 Å². The summed E-state index contributed by atoms with van der Waals surface area (Å²) in [6, 6.07) is 3.02. The first-order chi connectivity index (χ1) is 8.74. The maximum absolute atomic E-state index is 5.64. The summed E-state index contributed by atoms with van der Waals surface area (Å²) in [7, 11) is 2.05. The van der Waals surface area contributed by atoms with E-state index in [1.165, 1.54) is 30.7 Å². The molecule has 1 saturated carbocycles. The molecule has 2 N–H and O–H groups in total. The minimum Gasteiger partial charge on any atom is -0.330 e. The molecule has 102 valence electrons. The quantitative estimate of drug-likeness (QED) is 0.801. The van der Waals surface area contributed by atoms with Gasteiger partial charge in [0, 0.05) is 26.2 Å². The van der Waals surface area contributed by atoms with E-state index in [0.717, 1.165) is 38.5 Å². The molecule has 2 rings (SSSR count). The molecule has 1 fully saturated rings. The summed E-state index contributed by atoms with van der Waals surface area (Å²) in [5, 5.41) is 4.53. The third kappa shape index (κ3) is 3.12. The van der Waals surface area contributed by atoms with Crippen LogP contribution in [0.25, 0.3) is 0 Å². The molecule has 1 aliphatic carbocycles. The fourth-order valence-electron chi connectivity index (χ4n) is 2.54. The number of aromatic nitrogens is 2. The van der Waals surface area contributed by atoms with E-state index in [1.54, 1.807) is 0 Å². The fourth-order valence-corrected chi connectivity index (χ4v) is 2.54. The smallest absolute Gasteiger partial charge is 0.0625 e. The van der Waals surface area contributed by atoms with E-state index in [1.807, 2.05) is 4.68 Å². The third-order valence-corrected chi connectivity index (χ3v) is 4.00. The summed E-state index contributed by atoms with van der Waals surface area (Å²) in [5.41, 5.74) is 8.16. The highest BCUT2D eigenvalue weighted by molar-refractivity contribution is 5.10. The molecule has 1 aromatic rings. The predicted octanol–water partition coefficient (Wildman–Crippen LogP) is 1.69. The summed E-state index contributed by atoms with van der Waals surface area (Å²) < 4.78 is 2.03. The highest BCUT2D eigenvalue weighted by atomic mass is 15.3. The minimum atomic E-state index is 0.775. The lowest BCUT2D eigenvalue weighted by Gasteiger charge is -2.37. The molecule has 4 nitrogen and oxygen atoms in total. The van der Waals surface area contributed by atoms with Gasteiger partial charge in [0.05, 0.1) is 11.4 Å². The number of hydrogen-bond donors (Lipinski definition) is 1. The Hall–Kier alpha value is -0.870. The Kier molecular flexibility index (Phi) is 4.78. The van der Waals surface area contributed by atoms with Crippen LogP contribution in [0, 0.1) is 0 Å². The Morgan fingerprint density at radius 2 is 2.28 bits per heavy atom. The summed E-state index contributed by atoms with van der Waals surface area (Å²) >= 11 is 0. The molecule has 0 radical (unpaired) electrons. The monoisotopic (exact) mass is 250 g/mol. The first-order valence-corrected chi connectivity index (χ1v) is 7.20. The van der Waals surface area contributed by atoms with Crippen LogP contribution in [-0.4, -0.2) is 33.8 Å². The molecular formula is C14H26N4. The van der Waals surface area contributed by atoms with Crippen molar-refractivity contribution in [3.8, 4) is 0 Å². The standard InChI is InChI=1S/C14H26N4/c1-3-12-10-14(17(2)16-12)11-18(9-5-8-15)13-6-4-7-13/h10,13H,3-9,11,15H2,1-2H3. The van der Waals surface area contributed by atoms with Crippen LogP contribution in [-0.2, 0) is 20.0 Å². The van der Waals surface area contributed by atoms with Gasteiger partial charge in [0.25, 0.3) is 0 Å². The van der Waals surface area contributed by atoms with Crippen molar-refractivity contribution in [1.82, 2.24) is 14.7 Å². The Bertz CT molecular complexity index is 368. The molecule has 18 heavy (non-hydrogen) atoms. The summed E-state index contributed by atoms with van der Waals surface area (Å²) in [5.74, 6) is 0. The van der Waals surface area contributed by atoms with Gasteiger partial charge in [0.15, 0.2) is 0 Å². The van der Waals surface area contributed by atoms with Gasteiger partial charge in [-0.15, -0.1) is 0 Å². The molecular weight excluding hydrogens is 224 g/mol. The predicted molar refractivity (Wildman–Crippen MR) is 74.3 cm³/mol. The maximum Gasteiger partial charge on any atom is 0.0625 e. The molecule has 0 amide bonds. The molecule has 0 saturated heterocycles. The van der Waals surface area contributed by atoms with Crippen LogP contribution in [0.5, 0.6) is 0 Å². The molecule has 4 heteroatoms. The second-order valence-corrected chi connectivity index (χ2v) is 5.30. The van der Waals surface area contributed by atoms with E-state index in [9.17, 15) is 0 Å². The highest BCUT2D eigenvalue weighted by Crippen LogP contribution is 2.26. The van der Waals surface area contributed by atoms with Crippen LogP contribution < -0.4 is 5.73 Å². The Balaban J connectivity index is 1.99. The second-order valence-electron chi connectivity index (χ2n) is 5.30. The number of rotatable bonds is 7. The fraction of sp³-hybridized carbons (Fsp3) is 0.786. The molecule has 1 aliphatic rings. The van der Waals surface area contributed by atoms with Gasteiger partial charge in [0.2, 0.25) is 0 Å². The zero-order chi connectivity index (χ0) is 13.0. The molecule has 0 spiro atoms. The van der Waals surface area contributed by atoms with Crippen LogP contribution in [0.15, 0.2) is 6.07 Å². The van der Waals surface area contributed by atoms with Crippen molar-refractivity contribution in [2.75, 3.05) is 13.1 Å². The molecule has 1 heterocycles. The normalized spacial score (nSPS) is 16.2. The average Bonchev–Trinajstić information content (AvgIpc) is 2.65. The van der Waals surface area contributed by atoms with E-state index in [0.29, 0.717) is 0 Å². The van der Waals surface area contributed by atoms with Crippen LogP contribution in [0.1, 0.15) is 44.0 Å². The van der Waals surface area contributed by atoms with Gasteiger partial charge < -0.3 is 5.73 Å². The Morgan fingerprint density at radius 1 is 1.50 bits per heavy atom. The number of nitrogens with zero attached hydrogens (tertiary/aromatic N) is 3. The zero-order valence-electron chi connectivity index (χ0n) is 11.7. The van der Waals surface area contributed by atoms with Gasteiger partial charge in [-0.3, -0.25) is 9.58 Å². The molecule has 0 aliphatic heterocycles. The van der Waals surface area contributed by atoms with E-state index >= 15 is 0 Å². The van der Waals surface area contributed by atoms with Crippen LogP contribution in [0.2, 0.25) is 0 Å². The van der Waals surface area contributed by atoms with Crippen molar-refractivity contribution in [1.29, 1.82) is 0 Å². The van der Waals surface area contributed by atoms with Crippen molar-refractivity contribution in [2.45, 2.75) is 51.6 Å². The SMILES string of the molecule is CCc1cc(CN(CCCN)C2CCC2)n(C)n1. The van der Waals surface area contributed by atoms with Gasteiger partial charge in [-0.25, -0.2) is 0 Å². The van der Waals surface area contributed by atoms with E-state index in [-0.39, 0.29) is 0 Å². The van der Waals surface area contributed by atoms with Gasteiger partial charge in [-0.1, -0.05) is 13.3 Å². The summed E-state index contributed by atoms with van der Waals surface area (Å²) in [4.78, 5) is 2.59. The van der Waals surface area contributed by atoms with Gasteiger partial charge in [-0.05, 0) is 38.3 Å². The highest BCUT2D eigenvalue weighted by Gasteiger charge is 2.25. The minimum absolute atomic E-state index is 0.775. The topological polar surface area (TPSA) is 47.1 Å². The van der Waals surface area contributed by atoms with E-state index < -0.39 is 0 Å². The first-order valence-electron chi connectivity index (χ1n) is 7.20. The number of aryl methyl sites for hydroxylation is 2. The lowest BCUT2D eigenvalue weighted by Crippen LogP contribution is -2.41. The van der Waals surface area contributed by atoms with Crippen LogP contribution in [0.4, 0.5) is 0 Å². The van der Waals surface area contributed by atoms with Crippen LogP contribution in [0.3, 0.4) is 0 Å². The van der Waals surface area contributed by atoms with Crippen molar-refractivity contribution < 1.29 is 0 Å². The van der Waals surface area contributed by atoms with Gasteiger partial charge in [0.1, 0.15) is 0 Å². The van der Waals surface area contributed by atoms with Gasteiger partial charge in [-0.2, -0.15) is 5.10 Å². The molecule has 0 unspecified atom stereocenters. The second kappa shape index (κ2) is 6.34. The first kappa shape index (κ1) is 13.6. The molecule has 0 atom stereocenters. The van der Waals surface area contributed by atoms with Crippen LogP contribution >= 0.6 is 0 Å². The number of hydrogen-bond acceptors (Lipinski definition) is 3. The van der Waals surface area contributed by atoms with Crippen molar-refractivity contribution in [2.24, 2.45) is 12.8 Å². The van der Waals surface area contributed by atoms with E-state index in [4.69, 9.17) is 5.73 Å². The summed E-state index contributed by atoms with van der Waals surface area (Å²) in [6.07, 6.45) is 6.19. The van der Waals surface area contributed by atoms with E-state index in [2.05, 4.69) is 30.0 Å². The lowest BCUT2D eigenvalue weighted by atomic mass is 9.91. The largest absolute Gasteiger partial charge is 0.330 e. The maximum atomic E-state index is 5.64. The average molecular weight is 250 g/mol. The molecule has 0 aromatic carbocycles. The van der Waals surface area contributed by atoms with Gasteiger partial charge >= 0.3 is 0 Å². The Labute approximate surface area is 110 Å². The zero-order valence-corrected chi connectivity index (χ0v) is 11.7. The molecule has 1 aromatic heterocycles. The third-order valence-electron chi connectivity index (χ3n) is 4.00. The van der Waals surface area contributed by atoms with Crippen molar-refractivity contribution in [3.63, 3.8) is 0 Å².